The van der Waals surface area contributed by atoms with E-state index in [-0.39, 0.29) is 0 Å². The molecule has 0 spiro atoms. The molecule has 0 aliphatic heterocycles. The molecule has 2 nitrogen and oxygen atoms in total. The van der Waals surface area contributed by atoms with Crippen LogP contribution in [0.25, 0.3) is 21.5 Å². The summed E-state index contributed by atoms with van der Waals surface area (Å²) in [5.41, 5.74) is 2.41. The molecule has 20 heavy (non-hydrogen) atoms. The first-order valence-corrected chi connectivity index (χ1v) is 6.75. The largest absolute Gasteiger partial charge is 0.380 e. The Morgan fingerprint density at radius 3 is 2.25 bits per heavy atom. The molecule has 0 saturated carbocycles. The van der Waals surface area contributed by atoms with Gasteiger partial charge in [0.25, 0.3) is 0 Å². The lowest BCUT2D eigenvalue weighted by Crippen LogP contribution is -1.99. The van der Waals surface area contributed by atoms with Gasteiger partial charge in [-0.2, -0.15) is 0 Å². The van der Waals surface area contributed by atoms with Crippen LogP contribution in [-0.2, 0) is 22.7 Å². The second-order valence-corrected chi connectivity index (χ2v) is 4.95. The van der Waals surface area contributed by atoms with Crippen LogP contribution in [0.4, 0.5) is 0 Å². The van der Waals surface area contributed by atoms with Gasteiger partial charge in [-0.1, -0.05) is 48.5 Å². The van der Waals surface area contributed by atoms with Crippen molar-refractivity contribution in [2.45, 2.75) is 13.2 Å². The number of benzene rings is 3. The van der Waals surface area contributed by atoms with Gasteiger partial charge in [0.15, 0.2) is 0 Å². The number of methoxy groups -OCH3 is 2. The van der Waals surface area contributed by atoms with Crippen LogP contribution in [0.3, 0.4) is 0 Å². The van der Waals surface area contributed by atoms with E-state index < -0.39 is 0 Å². The van der Waals surface area contributed by atoms with Crippen molar-refractivity contribution in [3.63, 3.8) is 0 Å². The minimum atomic E-state index is 0.606. The van der Waals surface area contributed by atoms with Crippen LogP contribution in [0, 0.1) is 0 Å². The molecule has 0 unspecified atom stereocenters. The Morgan fingerprint density at radius 1 is 0.700 bits per heavy atom. The van der Waals surface area contributed by atoms with Crippen LogP contribution in [0.1, 0.15) is 11.1 Å². The van der Waals surface area contributed by atoms with E-state index in [0.29, 0.717) is 13.2 Å². The molecule has 0 radical (unpaired) electrons. The molecule has 0 fully saturated rings. The molecular formula is C18H18O2. The maximum absolute atomic E-state index is 5.38. The average Bonchev–Trinajstić information content (AvgIpc) is 2.49. The Kier molecular flexibility index (Phi) is 3.68. The molecule has 3 aromatic carbocycles. The van der Waals surface area contributed by atoms with Gasteiger partial charge < -0.3 is 9.47 Å². The summed E-state index contributed by atoms with van der Waals surface area (Å²) in [7, 11) is 3.46. The third-order valence-electron chi connectivity index (χ3n) is 3.72. The van der Waals surface area contributed by atoms with Gasteiger partial charge in [0.2, 0.25) is 0 Å². The normalized spacial score (nSPS) is 11.3. The highest BCUT2D eigenvalue weighted by Gasteiger charge is 2.09. The molecule has 0 amide bonds. The second kappa shape index (κ2) is 5.61. The van der Waals surface area contributed by atoms with Crippen molar-refractivity contribution >= 4 is 21.5 Å². The number of fused-ring (bicyclic) bond motifs is 3. The van der Waals surface area contributed by atoms with Crippen LogP contribution in [0.2, 0.25) is 0 Å². The summed E-state index contributed by atoms with van der Waals surface area (Å²) in [5, 5.41) is 5.07. The summed E-state index contributed by atoms with van der Waals surface area (Å²) in [4.78, 5) is 0. The van der Waals surface area contributed by atoms with E-state index in [4.69, 9.17) is 9.47 Å². The Hall–Kier alpha value is -1.90. The number of rotatable bonds is 4. The van der Waals surface area contributed by atoms with Crippen molar-refractivity contribution in [2.24, 2.45) is 0 Å². The van der Waals surface area contributed by atoms with Gasteiger partial charge in [0, 0.05) is 14.2 Å². The van der Waals surface area contributed by atoms with E-state index in [0.717, 1.165) is 0 Å². The SMILES string of the molecule is COCc1ccc2c(ccc3ccccc32)c1COC. The third kappa shape index (κ3) is 2.17. The zero-order chi connectivity index (χ0) is 13.9. The van der Waals surface area contributed by atoms with Crippen LogP contribution in [0.5, 0.6) is 0 Å². The van der Waals surface area contributed by atoms with Crippen molar-refractivity contribution in [2.75, 3.05) is 14.2 Å². The maximum atomic E-state index is 5.38. The molecule has 2 heteroatoms. The Morgan fingerprint density at radius 2 is 1.45 bits per heavy atom. The number of ether oxygens (including phenoxy) is 2. The molecule has 0 aliphatic rings. The summed E-state index contributed by atoms with van der Waals surface area (Å²) in [6, 6.07) is 17.2. The number of hydrogen-bond donors (Lipinski definition) is 0. The summed E-state index contributed by atoms with van der Waals surface area (Å²) in [6.45, 7) is 1.22. The highest BCUT2D eigenvalue weighted by Crippen LogP contribution is 2.30. The quantitative estimate of drug-likeness (QED) is 0.656. The molecule has 0 N–H and O–H groups in total. The Labute approximate surface area is 118 Å². The molecule has 0 heterocycles. The van der Waals surface area contributed by atoms with E-state index in [9.17, 15) is 0 Å². The fourth-order valence-corrected chi connectivity index (χ4v) is 2.80. The lowest BCUT2D eigenvalue weighted by molar-refractivity contribution is 0.169. The summed E-state index contributed by atoms with van der Waals surface area (Å²) in [5.74, 6) is 0. The van der Waals surface area contributed by atoms with E-state index in [1.54, 1.807) is 14.2 Å². The third-order valence-corrected chi connectivity index (χ3v) is 3.72. The predicted octanol–water partition coefficient (Wildman–Crippen LogP) is 4.29. The van der Waals surface area contributed by atoms with E-state index in [2.05, 4.69) is 48.5 Å². The van der Waals surface area contributed by atoms with E-state index in [1.165, 1.54) is 32.7 Å². The fraction of sp³-hybridized carbons (Fsp3) is 0.222. The highest BCUT2D eigenvalue weighted by atomic mass is 16.5. The van der Waals surface area contributed by atoms with Crippen molar-refractivity contribution in [1.29, 1.82) is 0 Å². The van der Waals surface area contributed by atoms with Crippen molar-refractivity contribution in [1.82, 2.24) is 0 Å². The minimum absolute atomic E-state index is 0.606. The fourth-order valence-electron chi connectivity index (χ4n) is 2.80. The predicted molar refractivity (Wildman–Crippen MR) is 82.9 cm³/mol. The minimum Gasteiger partial charge on any atom is -0.380 e. The molecule has 0 atom stereocenters. The van der Waals surface area contributed by atoms with Crippen molar-refractivity contribution in [3.05, 3.63) is 59.7 Å². The van der Waals surface area contributed by atoms with Crippen molar-refractivity contribution in [3.8, 4) is 0 Å². The summed E-state index contributed by atoms with van der Waals surface area (Å²) < 4.78 is 10.7. The van der Waals surface area contributed by atoms with Gasteiger partial charge in [0.05, 0.1) is 13.2 Å². The first kappa shape index (κ1) is 13.1. The van der Waals surface area contributed by atoms with Gasteiger partial charge in [-0.05, 0) is 32.7 Å². The lowest BCUT2D eigenvalue weighted by atomic mass is 9.95. The van der Waals surface area contributed by atoms with Crippen molar-refractivity contribution < 1.29 is 9.47 Å². The van der Waals surface area contributed by atoms with Crippen LogP contribution < -0.4 is 0 Å². The Bertz CT molecular complexity index is 747. The average molecular weight is 266 g/mol. The van der Waals surface area contributed by atoms with Crippen LogP contribution in [-0.4, -0.2) is 14.2 Å². The molecule has 0 bridgehead atoms. The van der Waals surface area contributed by atoms with Gasteiger partial charge >= 0.3 is 0 Å². The Balaban J connectivity index is 2.33. The smallest absolute Gasteiger partial charge is 0.0722 e. The van der Waals surface area contributed by atoms with Gasteiger partial charge in [-0.25, -0.2) is 0 Å². The molecule has 0 aromatic heterocycles. The second-order valence-electron chi connectivity index (χ2n) is 4.95. The van der Waals surface area contributed by atoms with Gasteiger partial charge in [0.1, 0.15) is 0 Å². The van der Waals surface area contributed by atoms with Crippen LogP contribution in [0.15, 0.2) is 48.5 Å². The summed E-state index contributed by atoms with van der Waals surface area (Å²) in [6.07, 6.45) is 0. The first-order chi connectivity index (χ1) is 9.85. The zero-order valence-corrected chi connectivity index (χ0v) is 11.8. The van der Waals surface area contributed by atoms with E-state index >= 15 is 0 Å². The molecule has 0 aliphatic carbocycles. The van der Waals surface area contributed by atoms with Crippen LogP contribution >= 0.6 is 0 Å². The summed E-state index contributed by atoms with van der Waals surface area (Å²) >= 11 is 0. The molecule has 3 aromatic rings. The van der Waals surface area contributed by atoms with Gasteiger partial charge in [-0.3, -0.25) is 0 Å². The number of hydrogen-bond acceptors (Lipinski definition) is 2. The first-order valence-electron chi connectivity index (χ1n) is 6.75. The molecule has 102 valence electrons. The lowest BCUT2D eigenvalue weighted by Gasteiger charge is -2.13. The standard InChI is InChI=1S/C18H18O2/c1-19-11-14-8-10-16-15-6-4-3-5-13(15)7-9-17(16)18(14)12-20-2/h3-10H,11-12H2,1-2H3. The molecular weight excluding hydrogens is 248 g/mol. The highest BCUT2D eigenvalue weighted by molar-refractivity contribution is 6.08. The monoisotopic (exact) mass is 266 g/mol. The molecule has 3 rings (SSSR count). The van der Waals surface area contributed by atoms with Gasteiger partial charge in [-0.15, -0.1) is 0 Å². The molecule has 0 saturated heterocycles. The topological polar surface area (TPSA) is 18.5 Å². The van der Waals surface area contributed by atoms with E-state index in [1.807, 2.05) is 0 Å². The zero-order valence-electron chi connectivity index (χ0n) is 11.8. The maximum Gasteiger partial charge on any atom is 0.0722 e.